The Balaban J connectivity index is 1.76. The number of H-pyrrole nitrogens is 1. The molecular weight excluding hydrogens is 242 g/mol. The summed E-state index contributed by atoms with van der Waals surface area (Å²) in [6.07, 6.45) is 2.45. The van der Waals surface area contributed by atoms with Gasteiger partial charge >= 0.3 is 5.97 Å². The Kier molecular flexibility index (Phi) is 3.05. The molecule has 0 unspecified atom stereocenters. The summed E-state index contributed by atoms with van der Waals surface area (Å²) in [5, 5.41) is 9.04. The van der Waals surface area contributed by atoms with Crippen LogP contribution in [0.1, 0.15) is 27.3 Å². The average molecular weight is 257 g/mol. The van der Waals surface area contributed by atoms with Gasteiger partial charge in [-0.15, -0.1) is 0 Å². The van der Waals surface area contributed by atoms with Crippen molar-refractivity contribution in [1.29, 1.82) is 0 Å². The number of nitrogens with zero attached hydrogens (tertiary/aromatic N) is 2. The quantitative estimate of drug-likeness (QED) is 0.877. The van der Waals surface area contributed by atoms with E-state index >= 15 is 0 Å². The van der Waals surface area contributed by atoms with Crippen LogP contribution in [0, 0.1) is 0 Å². The summed E-state index contributed by atoms with van der Waals surface area (Å²) in [4.78, 5) is 20.0. The molecule has 5 heteroatoms. The minimum absolute atomic E-state index is 0.124. The fourth-order valence-corrected chi connectivity index (χ4v) is 2.54. The number of fused-ring (bicyclic) bond motifs is 1. The Morgan fingerprint density at radius 2 is 2.16 bits per heavy atom. The molecule has 0 spiro atoms. The standard InChI is InChI=1S/C14H15N3O2/c18-14(19)13-12(15-9-16-13)8-17-6-5-10-3-1-2-4-11(10)7-17/h1-4,9H,5-8H2,(H,15,16)(H,18,19). The number of benzene rings is 1. The molecule has 98 valence electrons. The number of imidazole rings is 1. The van der Waals surface area contributed by atoms with Crippen LogP contribution in [0.4, 0.5) is 0 Å². The zero-order valence-electron chi connectivity index (χ0n) is 10.5. The smallest absolute Gasteiger partial charge is 0.356 e. The number of hydrogen-bond donors (Lipinski definition) is 2. The van der Waals surface area contributed by atoms with Crippen molar-refractivity contribution >= 4 is 5.97 Å². The Bertz CT molecular complexity index is 606. The summed E-state index contributed by atoms with van der Waals surface area (Å²) in [6, 6.07) is 8.39. The van der Waals surface area contributed by atoms with Gasteiger partial charge in [0.15, 0.2) is 5.69 Å². The molecule has 0 aliphatic carbocycles. The van der Waals surface area contributed by atoms with Crippen LogP contribution >= 0.6 is 0 Å². The van der Waals surface area contributed by atoms with Gasteiger partial charge in [0.25, 0.3) is 0 Å². The summed E-state index contributed by atoms with van der Waals surface area (Å²) in [7, 11) is 0. The maximum absolute atomic E-state index is 11.0. The number of aromatic nitrogens is 2. The normalized spacial score (nSPS) is 15.2. The third-order valence-corrected chi connectivity index (χ3v) is 3.51. The van der Waals surface area contributed by atoms with Crippen LogP contribution in [-0.2, 0) is 19.5 Å². The topological polar surface area (TPSA) is 69.2 Å². The SMILES string of the molecule is O=C(O)c1nc[nH]c1CN1CCc2ccccc2C1. The van der Waals surface area contributed by atoms with Crippen molar-refractivity contribution in [3.05, 3.63) is 53.1 Å². The fraction of sp³-hybridized carbons (Fsp3) is 0.286. The zero-order chi connectivity index (χ0) is 13.2. The van der Waals surface area contributed by atoms with Crippen molar-refractivity contribution in [2.45, 2.75) is 19.5 Å². The molecule has 0 saturated heterocycles. The first kappa shape index (κ1) is 11.9. The highest BCUT2D eigenvalue weighted by Gasteiger charge is 2.19. The average Bonchev–Trinajstić information content (AvgIpc) is 2.87. The van der Waals surface area contributed by atoms with Crippen LogP contribution in [0.3, 0.4) is 0 Å². The van der Waals surface area contributed by atoms with Crippen LogP contribution in [-0.4, -0.2) is 32.5 Å². The largest absolute Gasteiger partial charge is 0.476 e. The van der Waals surface area contributed by atoms with Gasteiger partial charge in [0.05, 0.1) is 12.0 Å². The molecule has 2 aromatic rings. The number of carboxylic acids is 1. The highest BCUT2D eigenvalue weighted by Crippen LogP contribution is 2.20. The molecule has 0 amide bonds. The van der Waals surface area contributed by atoms with E-state index in [4.69, 9.17) is 5.11 Å². The molecule has 1 aromatic carbocycles. The predicted molar refractivity (Wildman–Crippen MR) is 69.8 cm³/mol. The van der Waals surface area contributed by atoms with Crippen LogP contribution in [0.2, 0.25) is 0 Å². The molecular formula is C14H15N3O2. The van der Waals surface area contributed by atoms with Crippen molar-refractivity contribution in [1.82, 2.24) is 14.9 Å². The van der Waals surface area contributed by atoms with Gasteiger partial charge in [-0.1, -0.05) is 24.3 Å². The number of rotatable bonds is 3. The second-order valence-electron chi connectivity index (χ2n) is 4.76. The molecule has 19 heavy (non-hydrogen) atoms. The van der Waals surface area contributed by atoms with E-state index in [1.807, 2.05) is 6.07 Å². The lowest BCUT2D eigenvalue weighted by Gasteiger charge is -2.28. The summed E-state index contributed by atoms with van der Waals surface area (Å²) in [6.45, 7) is 2.39. The third kappa shape index (κ3) is 2.37. The second kappa shape index (κ2) is 4.85. The van der Waals surface area contributed by atoms with Crippen molar-refractivity contribution in [2.24, 2.45) is 0 Å². The summed E-state index contributed by atoms with van der Waals surface area (Å²) < 4.78 is 0. The van der Waals surface area contributed by atoms with Crippen LogP contribution in [0.5, 0.6) is 0 Å². The van der Waals surface area contributed by atoms with E-state index < -0.39 is 5.97 Å². The number of aromatic carboxylic acids is 1. The number of aromatic amines is 1. The molecule has 3 rings (SSSR count). The first-order chi connectivity index (χ1) is 9.24. The highest BCUT2D eigenvalue weighted by molar-refractivity contribution is 5.86. The van der Waals surface area contributed by atoms with Gasteiger partial charge in [-0.25, -0.2) is 9.78 Å². The molecule has 2 N–H and O–H groups in total. The molecule has 1 aromatic heterocycles. The lowest BCUT2D eigenvalue weighted by Crippen LogP contribution is -2.30. The van der Waals surface area contributed by atoms with Gasteiger partial charge < -0.3 is 10.1 Å². The first-order valence-corrected chi connectivity index (χ1v) is 6.28. The number of carbonyl (C=O) groups is 1. The fourth-order valence-electron chi connectivity index (χ4n) is 2.54. The third-order valence-electron chi connectivity index (χ3n) is 3.51. The molecule has 1 aliphatic heterocycles. The van der Waals surface area contributed by atoms with E-state index in [2.05, 4.69) is 33.1 Å². The Morgan fingerprint density at radius 1 is 1.37 bits per heavy atom. The predicted octanol–water partition coefficient (Wildman–Crippen LogP) is 1.67. The molecule has 5 nitrogen and oxygen atoms in total. The van der Waals surface area contributed by atoms with Gasteiger partial charge in [-0.2, -0.15) is 0 Å². The van der Waals surface area contributed by atoms with Gasteiger partial charge in [-0.05, 0) is 17.5 Å². The van der Waals surface area contributed by atoms with Gasteiger partial charge in [0.1, 0.15) is 0 Å². The van der Waals surface area contributed by atoms with Crippen molar-refractivity contribution in [3.63, 3.8) is 0 Å². The molecule has 0 fully saturated rings. The Labute approximate surface area is 110 Å². The van der Waals surface area contributed by atoms with Crippen molar-refractivity contribution in [2.75, 3.05) is 6.54 Å². The summed E-state index contributed by atoms with van der Waals surface area (Å²) in [5.41, 5.74) is 3.51. The van der Waals surface area contributed by atoms with Gasteiger partial charge in [0.2, 0.25) is 0 Å². The van der Waals surface area contributed by atoms with E-state index in [0.29, 0.717) is 12.2 Å². The van der Waals surface area contributed by atoms with Crippen LogP contribution in [0.25, 0.3) is 0 Å². The molecule has 2 heterocycles. The lowest BCUT2D eigenvalue weighted by atomic mass is 10.00. The number of nitrogens with one attached hydrogen (secondary N) is 1. The molecule has 0 bridgehead atoms. The molecule has 0 atom stereocenters. The van der Waals surface area contributed by atoms with E-state index in [1.165, 1.54) is 17.5 Å². The van der Waals surface area contributed by atoms with Crippen molar-refractivity contribution in [3.8, 4) is 0 Å². The van der Waals surface area contributed by atoms with Gasteiger partial charge in [0, 0.05) is 19.6 Å². The maximum Gasteiger partial charge on any atom is 0.356 e. The minimum Gasteiger partial charge on any atom is -0.476 e. The zero-order valence-corrected chi connectivity index (χ0v) is 10.5. The summed E-state index contributed by atoms with van der Waals surface area (Å²) >= 11 is 0. The van der Waals surface area contributed by atoms with Crippen LogP contribution in [0.15, 0.2) is 30.6 Å². The van der Waals surface area contributed by atoms with E-state index in [0.717, 1.165) is 19.5 Å². The number of hydrogen-bond acceptors (Lipinski definition) is 3. The van der Waals surface area contributed by atoms with E-state index in [1.54, 1.807) is 0 Å². The Morgan fingerprint density at radius 3 is 2.95 bits per heavy atom. The second-order valence-corrected chi connectivity index (χ2v) is 4.76. The molecule has 0 radical (unpaired) electrons. The summed E-state index contributed by atoms with van der Waals surface area (Å²) in [5.74, 6) is -0.978. The lowest BCUT2D eigenvalue weighted by molar-refractivity contribution is 0.0688. The molecule has 0 saturated carbocycles. The Hall–Kier alpha value is -2.14. The van der Waals surface area contributed by atoms with Crippen LogP contribution < -0.4 is 0 Å². The first-order valence-electron chi connectivity index (χ1n) is 6.28. The number of carboxylic acid groups (broad SMARTS) is 1. The monoisotopic (exact) mass is 257 g/mol. The minimum atomic E-state index is -0.978. The van der Waals surface area contributed by atoms with Gasteiger partial charge in [-0.3, -0.25) is 4.90 Å². The van der Waals surface area contributed by atoms with E-state index in [9.17, 15) is 4.79 Å². The van der Waals surface area contributed by atoms with E-state index in [-0.39, 0.29) is 5.69 Å². The molecule has 1 aliphatic rings. The van der Waals surface area contributed by atoms with Crippen molar-refractivity contribution < 1.29 is 9.90 Å². The maximum atomic E-state index is 11.0. The highest BCUT2D eigenvalue weighted by atomic mass is 16.4.